The van der Waals surface area contributed by atoms with Crippen LogP contribution >= 0.6 is 11.8 Å². The first-order chi connectivity index (χ1) is 16.8. The second-order valence-electron chi connectivity index (χ2n) is 9.37. The Morgan fingerprint density at radius 3 is 2.63 bits per heavy atom. The second kappa shape index (κ2) is 9.73. The molecule has 5 rings (SSSR count). The van der Waals surface area contributed by atoms with Crippen LogP contribution in [0.5, 0.6) is 0 Å². The van der Waals surface area contributed by atoms with Crippen LogP contribution in [-0.4, -0.2) is 69.6 Å². The monoisotopic (exact) mass is 502 g/mol. The molecule has 0 bridgehead atoms. The van der Waals surface area contributed by atoms with Gasteiger partial charge in [-0.3, -0.25) is 0 Å². The number of thioether (sulfide) groups is 1. The van der Waals surface area contributed by atoms with Gasteiger partial charge in [0.05, 0.1) is 0 Å². The highest BCUT2D eigenvalue weighted by Crippen LogP contribution is 2.38. The maximum absolute atomic E-state index is 14.4. The number of hydrogen-bond acceptors (Lipinski definition) is 6. The first-order valence-corrected chi connectivity index (χ1v) is 12.8. The van der Waals surface area contributed by atoms with Gasteiger partial charge in [-0.2, -0.15) is 0 Å². The van der Waals surface area contributed by atoms with E-state index in [4.69, 9.17) is 0 Å². The zero-order valence-electron chi connectivity index (χ0n) is 19.9. The molecule has 2 aromatic rings. The Hall–Kier alpha value is -2.72. The quantitative estimate of drug-likeness (QED) is 0.416. The maximum Gasteiger partial charge on any atom is 0.191 e. The van der Waals surface area contributed by atoms with Crippen LogP contribution in [0.25, 0.3) is 5.57 Å². The Balaban J connectivity index is 1.13. The molecule has 0 saturated carbocycles. The fourth-order valence-corrected chi connectivity index (χ4v) is 6.05. The summed E-state index contributed by atoms with van der Waals surface area (Å²) < 4.78 is 44.0. The van der Waals surface area contributed by atoms with E-state index in [0.717, 1.165) is 72.6 Å². The number of rotatable bonds is 7. The minimum atomic E-state index is -0.884. The van der Waals surface area contributed by atoms with E-state index in [-0.39, 0.29) is 11.7 Å². The minimum absolute atomic E-state index is 0.0593. The van der Waals surface area contributed by atoms with E-state index >= 15 is 0 Å². The molecule has 35 heavy (non-hydrogen) atoms. The number of benzene rings is 1. The lowest BCUT2D eigenvalue weighted by Crippen LogP contribution is -2.36. The van der Waals surface area contributed by atoms with Gasteiger partial charge in [0.1, 0.15) is 11.5 Å². The second-order valence-corrected chi connectivity index (χ2v) is 10.4. The summed E-state index contributed by atoms with van der Waals surface area (Å²) in [6, 6.07) is 1.59. The molecule has 1 aromatic heterocycles. The topological polar surface area (TPSA) is 40.4 Å². The van der Waals surface area contributed by atoms with Gasteiger partial charge in [-0.25, -0.2) is 13.2 Å². The summed E-state index contributed by atoms with van der Waals surface area (Å²) in [5.41, 5.74) is 1.79. The molecular formula is C25H29F3N6S. The minimum Gasteiger partial charge on any atom is -0.362 e. The molecule has 0 spiro atoms. The molecule has 0 N–H and O–H groups in total. The van der Waals surface area contributed by atoms with E-state index in [1.807, 2.05) is 41.9 Å². The van der Waals surface area contributed by atoms with E-state index in [1.165, 1.54) is 0 Å². The number of hydrogen-bond donors (Lipinski definition) is 0. The van der Waals surface area contributed by atoms with E-state index in [2.05, 4.69) is 21.7 Å². The summed E-state index contributed by atoms with van der Waals surface area (Å²) in [6.45, 7) is 7.23. The first-order valence-electron chi connectivity index (χ1n) is 11.8. The van der Waals surface area contributed by atoms with Crippen molar-refractivity contribution in [2.45, 2.75) is 24.0 Å². The van der Waals surface area contributed by atoms with Gasteiger partial charge in [-0.05, 0) is 37.5 Å². The van der Waals surface area contributed by atoms with Crippen LogP contribution in [0.15, 0.2) is 47.9 Å². The first kappa shape index (κ1) is 24.0. The average molecular weight is 503 g/mol. The fourth-order valence-electron chi connectivity index (χ4n) is 5.22. The third-order valence-electron chi connectivity index (χ3n) is 7.09. The van der Waals surface area contributed by atoms with Crippen LogP contribution in [-0.2, 0) is 7.05 Å². The Kier molecular flexibility index (Phi) is 6.67. The van der Waals surface area contributed by atoms with E-state index in [1.54, 1.807) is 16.7 Å². The third-order valence-corrected chi connectivity index (χ3v) is 8.19. The molecule has 2 saturated heterocycles. The molecular weight excluding hydrogens is 473 g/mol. The van der Waals surface area contributed by atoms with Gasteiger partial charge < -0.3 is 19.3 Å². The van der Waals surface area contributed by atoms with Gasteiger partial charge in [0.2, 0.25) is 0 Å². The van der Waals surface area contributed by atoms with Crippen molar-refractivity contribution < 1.29 is 13.2 Å². The van der Waals surface area contributed by atoms with Crippen LogP contribution in [0.2, 0.25) is 0 Å². The number of likely N-dealkylation sites (N-methyl/N-ethyl adjacent to an activating group) is 1. The van der Waals surface area contributed by atoms with Crippen molar-refractivity contribution >= 4 is 23.0 Å². The summed E-state index contributed by atoms with van der Waals surface area (Å²) in [7, 11) is 3.92. The SMILES string of the molecule is C=C1C=C(c2nnc(SCCCN3C[C@H]4CCN(c5c(F)cc(F)cc5F)[C@H]4C3)n2C)C=CN1C. The van der Waals surface area contributed by atoms with Crippen LogP contribution in [0.1, 0.15) is 18.7 Å². The van der Waals surface area contributed by atoms with Crippen molar-refractivity contribution in [2.24, 2.45) is 13.0 Å². The third kappa shape index (κ3) is 4.73. The summed E-state index contributed by atoms with van der Waals surface area (Å²) in [5.74, 6) is -0.449. The zero-order valence-corrected chi connectivity index (χ0v) is 20.7. The van der Waals surface area contributed by atoms with Crippen LogP contribution in [0, 0.1) is 23.4 Å². The average Bonchev–Trinajstić information content (AvgIpc) is 3.48. The lowest BCUT2D eigenvalue weighted by atomic mass is 10.0. The van der Waals surface area contributed by atoms with Gasteiger partial charge in [-0.1, -0.05) is 18.3 Å². The summed E-state index contributed by atoms with van der Waals surface area (Å²) in [6.07, 6.45) is 7.82. The molecule has 2 fully saturated rings. The molecule has 3 aliphatic rings. The number of aromatic nitrogens is 3. The largest absolute Gasteiger partial charge is 0.362 e. The van der Waals surface area contributed by atoms with Crippen molar-refractivity contribution in [1.82, 2.24) is 24.6 Å². The Labute approximate surface area is 207 Å². The van der Waals surface area contributed by atoms with Crippen LogP contribution in [0.3, 0.4) is 0 Å². The molecule has 186 valence electrons. The molecule has 0 aliphatic carbocycles. The number of anilines is 1. The molecule has 0 radical (unpaired) electrons. The van der Waals surface area contributed by atoms with Crippen LogP contribution < -0.4 is 4.90 Å². The van der Waals surface area contributed by atoms with E-state index < -0.39 is 17.5 Å². The fraction of sp³-hybridized carbons (Fsp3) is 0.440. The molecule has 3 aliphatic heterocycles. The number of nitrogens with zero attached hydrogens (tertiary/aromatic N) is 6. The van der Waals surface area contributed by atoms with Gasteiger partial charge in [0.25, 0.3) is 0 Å². The zero-order chi connectivity index (χ0) is 24.7. The molecule has 1 aromatic carbocycles. The molecule has 2 atom stereocenters. The van der Waals surface area contributed by atoms with E-state index in [0.29, 0.717) is 12.5 Å². The Morgan fingerprint density at radius 1 is 1.11 bits per heavy atom. The van der Waals surface area contributed by atoms with Crippen molar-refractivity contribution in [3.05, 3.63) is 66.0 Å². The highest BCUT2D eigenvalue weighted by Gasteiger charge is 2.42. The highest BCUT2D eigenvalue weighted by atomic mass is 32.2. The maximum atomic E-state index is 14.4. The normalized spacial score (nSPS) is 22.3. The lowest BCUT2D eigenvalue weighted by Gasteiger charge is -2.27. The van der Waals surface area contributed by atoms with Crippen molar-refractivity contribution in [2.75, 3.05) is 43.9 Å². The summed E-state index contributed by atoms with van der Waals surface area (Å²) in [4.78, 5) is 6.11. The number of allylic oxidation sites excluding steroid dienone is 3. The number of halogens is 3. The smallest absolute Gasteiger partial charge is 0.191 e. The van der Waals surface area contributed by atoms with Crippen molar-refractivity contribution in [3.63, 3.8) is 0 Å². The van der Waals surface area contributed by atoms with Gasteiger partial charge in [0.15, 0.2) is 22.6 Å². The standard InChI is InChI=1S/C25H29F3N6S/c1-16-11-17(5-8-31(16)2)24-29-30-25(32(24)3)35-10-4-7-33-14-18-6-9-34(22(18)15-33)23-20(27)12-19(26)13-21(23)28/h5,8,11-13,18,22H,1,4,6-7,9-10,14-15H2,2-3H3/t18-,22+/m1/s1. The summed E-state index contributed by atoms with van der Waals surface area (Å²) >= 11 is 1.67. The number of fused-ring (bicyclic) bond motifs is 1. The molecule has 10 heteroatoms. The van der Waals surface area contributed by atoms with Crippen molar-refractivity contribution in [1.29, 1.82) is 0 Å². The molecule has 4 heterocycles. The summed E-state index contributed by atoms with van der Waals surface area (Å²) in [5, 5.41) is 9.59. The predicted molar refractivity (Wildman–Crippen MR) is 132 cm³/mol. The van der Waals surface area contributed by atoms with Gasteiger partial charge in [0, 0.05) is 75.1 Å². The van der Waals surface area contributed by atoms with Gasteiger partial charge >= 0.3 is 0 Å². The number of likely N-dealkylation sites (tertiary alicyclic amines) is 1. The Morgan fingerprint density at radius 2 is 1.89 bits per heavy atom. The van der Waals surface area contributed by atoms with Crippen LogP contribution in [0.4, 0.5) is 18.9 Å². The molecule has 0 unspecified atom stereocenters. The van der Waals surface area contributed by atoms with E-state index in [9.17, 15) is 13.2 Å². The van der Waals surface area contributed by atoms with Gasteiger partial charge in [-0.15, -0.1) is 10.2 Å². The molecule has 6 nitrogen and oxygen atoms in total. The Bertz CT molecular complexity index is 1170. The van der Waals surface area contributed by atoms with Crippen molar-refractivity contribution in [3.8, 4) is 0 Å². The predicted octanol–water partition coefficient (Wildman–Crippen LogP) is 4.28. The highest BCUT2D eigenvalue weighted by molar-refractivity contribution is 7.99. The lowest BCUT2D eigenvalue weighted by molar-refractivity contribution is 0.318. The molecule has 0 amide bonds.